The predicted octanol–water partition coefficient (Wildman–Crippen LogP) is 5.21. The van der Waals surface area contributed by atoms with Crippen molar-refractivity contribution in [1.29, 1.82) is 0 Å². The standard InChI is InChI=1S/C32H30O7/c33-30-19-27-26(15-16-32(36-17-18-37-32)21-35-25-9-5-2-6-10-25)28(20-29(27)38-30)39-31(34)24-13-11-23(12-14-24)22-7-3-1-4-8-22/h1-16,26-29H,17-21H2/b16-15+/t26-,27-,28+,29+/m1/s1. The fourth-order valence-electron chi connectivity index (χ4n) is 5.58. The average Bonchev–Trinajstić information content (AvgIpc) is 3.67. The zero-order valence-electron chi connectivity index (χ0n) is 21.4. The van der Waals surface area contributed by atoms with Gasteiger partial charge in [0.1, 0.15) is 24.6 Å². The molecule has 0 amide bonds. The van der Waals surface area contributed by atoms with Crippen LogP contribution in [0.15, 0.2) is 97.1 Å². The third-order valence-corrected chi connectivity index (χ3v) is 7.57. The number of hydrogen-bond donors (Lipinski definition) is 0. The monoisotopic (exact) mass is 526 g/mol. The van der Waals surface area contributed by atoms with E-state index in [9.17, 15) is 9.59 Å². The van der Waals surface area contributed by atoms with Crippen molar-refractivity contribution in [3.05, 3.63) is 103 Å². The van der Waals surface area contributed by atoms with E-state index in [1.54, 1.807) is 12.1 Å². The van der Waals surface area contributed by atoms with Gasteiger partial charge in [0.15, 0.2) is 0 Å². The van der Waals surface area contributed by atoms with E-state index in [2.05, 4.69) is 0 Å². The van der Waals surface area contributed by atoms with Crippen molar-refractivity contribution in [3.8, 4) is 16.9 Å². The van der Waals surface area contributed by atoms with Crippen LogP contribution in [-0.2, 0) is 23.7 Å². The number of ether oxygens (including phenoxy) is 5. The fourth-order valence-corrected chi connectivity index (χ4v) is 5.58. The van der Waals surface area contributed by atoms with Crippen LogP contribution in [0.1, 0.15) is 23.2 Å². The molecule has 200 valence electrons. The minimum absolute atomic E-state index is 0.0829. The predicted molar refractivity (Wildman–Crippen MR) is 143 cm³/mol. The first-order valence-electron chi connectivity index (χ1n) is 13.3. The van der Waals surface area contributed by atoms with Crippen LogP contribution in [0.2, 0.25) is 0 Å². The van der Waals surface area contributed by atoms with Crippen molar-refractivity contribution in [1.82, 2.24) is 0 Å². The first-order chi connectivity index (χ1) is 19.1. The Morgan fingerprint density at radius 3 is 2.28 bits per heavy atom. The summed E-state index contributed by atoms with van der Waals surface area (Å²) in [6.45, 7) is 1.05. The van der Waals surface area contributed by atoms with Crippen LogP contribution >= 0.6 is 0 Å². The molecule has 0 N–H and O–H groups in total. The molecule has 3 aliphatic rings. The Bertz CT molecular complexity index is 1310. The average molecular weight is 527 g/mol. The first-order valence-corrected chi connectivity index (χ1v) is 13.3. The molecular formula is C32H30O7. The largest absolute Gasteiger partial charge is 0.488 e. The molecule has 39 heavy (non-hydrogen) atoms. The molecule has 2 saturated heterocycles. The van der Waals surface area contributed by atoms with E-state index in [-0.39, 0.29) is 36.9 Å². The smallest absolute Gasteiger partial charge is 0.338 e. The highest BCUT2D eigenvalue weighted by Gasteiger charge is 2.51. The van der Waals surface area contributed by atoms with E-state index >= 15 is 0 Å². The number of benzene rings is 3. The van der Waals surface area contributed by atoms with Crippen LogP contribution in [-0.4, -0.2) is 49.8 Å². The van der Waals surface area contributed by atoms with E-state index in [4.69, 9.17) is 23.7 Å². The van der Waals surface area contributed by atoms with E-state index in [0.29, 0.717) is 30.9 Å². The van der Waals surface area contributed by atoms with E-state index in [1.165, 1.54) is 0 Å². The molecule has 6 rings (SSSR count). The molecule has 3 aromatic rings. The Hall–Kier alpha value is -3.94. The second kappa shape index (κ2) is 11.0. The van der Waals surface area contributed by atoms with Gasteiger partial charge in [0.05, 0.1) is 25.2 Å². The van der Waals surface area contributed by atoms with Crippen LogP contribution in [0, 0.1) is 11.8 Å². The highest BCUT2D eigenvalue weighted by Crippen LogP contribution is 2.44. The topological polar surface area (TPSA) is 80.3 Å². The summed E-state index contributed by atoms with van der Waals surface area (Å²) < 4.78 is 29.4. The number of para-hydroxylation sites is 1. The minimum Gasteiger partial charge on any atom is -0.488 e. The second-order valence-electron chi connectivity index (χ2n) is 10.1. The summed E-state index contributed by atoms with van der Waals surface area (Å²) in [6, 6.07) is 26.8. The quantitative estimate of drug-likeness (QED) is 0.295. The molecule has 0 aromatic heterocycles. The van der Waals surface area contributed by atoms with Gasteiger partial charge in [-0.3, -0.25) is 4.79 Å². The van der Waals surface area contributed by atoms with Gasteiger partial charge in [-0.15, -0.1) is 0 Å². The molecule has 4 atom stereocenters. The lowest BCUT2D eigenvalue weighted by Crippen LogP contribution is -2.36. The molecular weight excluding hydrogens is 496 g/mol. The fraction of sp³-hybridized carbons (Fsp3) is 0.312. The molecule has 1 saturated carbocycles. The van der Waals surface area contributed by atoms with Gasteiger partial charge in [0.2, 0.25) is 5.79 Å². The summed E-state index contributed by atoms with van der Waals surface area (Å²) in [5, 5.41) is 0. The Morgan fingerprint density at radius 1 is 0.897 bits per heavy atom. The first kappa shape index (κ1) is 25.3. The summed E-state index contributed by atoms with van der Waals surface area (Å²) in [6.07, 6.45) is 3.80. The van der Waals surface area contributed by atoms with Crippen LogP contribution < -0.4 is 4.74 Å². The number of carbonyl (C=O) groups is 2. The highest BCUT2D eigenvalue weighted by atomic mass is 16.8. The maximum absolute atomic E-state index is 13.1. The van der Waals surface area contributed by atoms with Gasteiger partial charge in [-0.2, -0.15) is 0 Å². The van der Waals surface area contributed by atoms with Gasteiger partial charge in [-0.05, 0) is 41.5 Å². The summed E-state index contributed by atoms with van der Waals surface area (Å²) in [4.78, 5) is 25.2. The maximum Gasteiger partial charge on any atom is 0.338 e. The van der Waals surface area contributed by atoms with Crippen molar-refractivity contribution in [2.45, 2.75) is 30.8 Å². The summed E-state index contributed by atoms with van der Waals surface area (Å²) in [7, 11) is 0. The van der Waals surface area contributed by atoms with E-state index < -0.39 is 17.9 Å². The van der Waals surface area contributed by atoms with Crippen molar-refractivity contribution in [3.63, 3.8) is 0 Å². The minimum atomic E-state index is -1.06. The lowest BCUT2D eigenvalue weighted by molar-refractivity contribution is -0.141. The van der Waals surface area contributed by atoms with Crippen molar-refractivity contribution >= 4 is 11.9 Å². The summed E-state index contributed by atoms with van der Waals surface area (Å²) in [5.74, 6) is -1.28. The van der Waals surface area contributed by atoms with Crippen LogP contribution in [0.5, 0.6) is 5.75 Å². The molecule has 3 aromatic carbocycles. The molecule has 3 fully saturated rings. The van der Waals surface area contributed by atoms with Crippen LogP contribution in [0.4, 0.5) is 0 Å². The molecule has 2 heterocycles. The molecule has 0 spiro atoms. The number of rotatable bonds is 8. The summed E-state index contributed by atoms with van der Waals surface area (Å²) in [5.41, 5.74) is 2.58. The Kier molecular flexibility index (Phi) is 7.18. The lowest BCUT2D eigenvalue weighted by atomic mass is 9.91. The molecule has 7 nitrogen and oxygen atoms in total. The van der Waals surface area contributed by atoms with Gasteiger partial charge in [-0.1, -0.05) is 66.7 Å². The number of hydrogen-bond acceptors (Lipinski definition) is 7. The molecule has 7 heteroatoms. The van der Waals surface area contributed by atoms with Gasteiger partial charge >= 0.3 is 11.9 Å². The maximum atomic E-state index is 13.1. The molecule has 1 aliphatic carbocycles. The Morgan fingerprint density at radius 2 is 1.56 bits per heavy atom. The second-order valence-corrected chi connectivity index (χ2v) is 10.1. The Balaban J connectivity index is 1.17. The van der Waals surface area contributed by atoms with Gasteiger partial charge in [-0.25, -0.2) is 4.79 Å². The number of esters is 2. The Labute approximate surface area is 227 Å². The van der Waals surface area contributed by atoms with Gasteiger partial charge in [0, 0.05) is 18.3 Å². The number of fused-ring (bicyclic) bond motifs is 1. The van der Waals surface area contributed by atoms with Crippen LogP contribution in [0.25, 0.3) is 11.1 Å². The SMILES string of the molecule is O=C1C[C@@H]2[C@@H](/C=C/C3(COc4ccccc4)OCCO3)[C@@H](OC(=O)c3ccc(-c4ccccc4)cc3)C[C@@H]2O1. The summed E-state index contributed by atoms with van der Waals surface area (Å²) >= 11 is 0. The van der Waals surface area contributed by atoms with Crippen molar-refractivity contribution in [2.24, 2.45) is 11.8 Å². The third-order valence-electron chi connectivity index (χ3n) is 7.57. The zero-order chi connectivity index (χ0) is 26.7. The van der Waals surface area contributed by atoms with Crippen molar-refractivity contribution in [2.75, 3.05) is 19.8 Å². The van der Waals surface area contributed by atoms with Gasteiger partial charge in [0.25, 0.3) is 0 Å². The molecule has 0 radical (unpaired) electrons. The highest BCUT2D eigenvalue weighted by molar-refractivity contribution is 5.90. The lowest BCUT2D eigenvalue weighted by Gasteiger charge is -2.26. The van der Waals surface area contributed by atoms with Crippen molar-refractivity contribution < 1.29 is 33.3 Å². The van der Waals surface area contributed by atoms with E-state index in [1.807, 2.05) is 84.9 Å². The van der Waals surface area contributed by atoms with Gasteiger partial charge < -0.3 is 23.7 Å². The molecule has 2 aliphatic heterocycles. The zero-order valence-corrected chi connectivity index (χ0v) is 21.4. The molecule has 0 unspecified atom stereocenters. The van der Waals surface area contributed by atoms with Crippen LogP contribution in [0.3, 0.4) is 0 Å². The third kappa shape index (κ3) is 5.60. The molecule has 0 bridgehead atoms. The van der Waals surface area contributed by atoms with E-state index in [0.717, 1.165) is 11.1 Å². The number of carbonyl (C=O) groups excluding carboxylic acids is 2. The normalized spacial score (nSPS) is 25.4.